The highest BCUT2D eigenvalue weighted by molar-refractivity contribution is 7.89. The molecule has 1 unspecified atom stereocenters. The summed E-state index contributed by atoms with van der Waals surface area (Å²) in [7, 11) is -3.43. The van der Waals surface area contributed by atoms with Crippen LogP contribution in [-0.4, -0.2) is 31.7 Å². The van der Waals surface area contributed by atoms with E-state index in [9.17, 15) is 8.42 Å². The second-order valence-corrected chi connectivity index (χ2v) is 8.50. The monoisotopic (exact) mass is 342 g/mol. The van der Waals surface area contributed by atoms with Gasteiger partial charge in [-0.2, -0.15) is 5.10 Å². The number of H-pyrrole nitrogens is 1. The van der Waals surface area contributed by atoms with Gasteiger partial charge >= 0.3 is 0 Å². The minimum absolute atomic E-state index is 0.119. The minimum Gasteiger partial charge on any atom is -0.309 e. The van der Waals surface area contributed by atoms with Crippen LogP contribution in [0, 0.1) is 20.8 Å². The Morgan fingerprint density at radius 3 is 2.59 bits per heavy atom. The molecule has 0 aliphatic rings. The van der Waals surface area contributed by atoms with Crippen molar-refractivity contribution in [3.05, 3.63) is 33.3 Å². The molecule has 0 saturated carbocycles. The number of rotatable bonds is 7. The molecule has 122 valence electrons. The second kappa shape index (κ2) is 6.91. The van der Waals surface area contributed by atoms with Gasteiger partial charge in [-0.25, -0.2) is 13.1 Å². The van der Waals surface area contributed by atoms with Crippen LogP contribution in [-0.2, 0) is 10.0 Å². The predicted octanol–water partition coefficient (Wildman–Crippen LogP) is 2.03. The van der Waals surface area contributed by atoms with E-state index in [0.29, 0.717) is 18.0 Å². The van der Waals surface area contributed by atoms with Gasteiger partial charge in [0.2, 0.25) is 10.0 Å². The number of aryl methyl sites for hydroxylation is 3. The number of hydrogen-bond donors (Lipinski definition) is 3. The van der Waals surface area contributed by atoms with Crippen molar-refractivity contribution < 1.29 is 8.42 Å². The standard InChI is InChI=1S/C14H22N4O2S2/c1-9-7-14(12(4)21-9)22(19,20)17-6-5-15-10(2)13-8-16-18-11(13)3/h7-8,10,15,17H,5-6H2,1-4H3,(H,16,18). The molecule has 0 aliphatic carbocycles. The molecule has 2 aromatic heterocycles. The summed E-state index contributed by atoms with van der Waals surface area (Å²) in [5, 5.41) is 10.2. The largest absolute Gasteiger partial charge is 0.309 e. The van der Waals surface area contributed by atoms with Crippen LogP contribution in [0.4, 0.5) is 0 Å². The predicted molar refractivity (Wildman–Crippen MR) is 88.7 cm³/mol. The summed E-state index contributed by atoms with van der Waals surface area (Å²) in [5.41, 5.74) is 2.11. The SMILES string of the molecule is Cc1cc(S(=O)(=O)NCCNC(C)c2cn[nH]c2C)c(C)s1. The van der Waals surface area contributed by atoms with Crippen LogP contribution in [0.3, 0.4) is 0 Å². The van der Waals surface area contributed by atoms with Crippen molar-refractivity contribution in [2.24, 2.45) is 0 Å². The van der Waals surface area contributed by atoms with E-state index >= 15 is 0 Å². The van der Waals surface area contributed by atoms with Crippen LogP contribution >= 0.6 is 11.3 Å². The summed E-state index contributed by atoms with van der Waals surface area (Å²) in [6, 6.07) is 1.83. The van der Waals surface area contributed by atoms with Crippen molar-refractivity contribution in [1.82, 2.24) is 20.2 Å². The molecule has 0 saturated heterocycles. The molecular weight excluding hydrogens is 320 g/mol. The van der Waals surface area contributed by atoms with Crippen LogP contribution in [0.5, 0.6) is 0 Å². The molecule has 22 heavy (non-hydrogen) atoms. The third-order valence-corrected chi connectivity index (χ3v) is 6.17. The molecule has 0 aromatic carbocycles. The smallest absolute Gasteiger partial charge is 0.241 e. The molecule has 2 heterocycles. The van der Waals surface area contributed by atoms with Gasteiger partial charge in [0.25, 0.3) is 0 Å². The first kappa shape index (κ1) is 17.1. The molecule has 0 spiro atoms. The van der Waals surface area contributed by atoms with E-state index in [2.05, 4.69) is 20.2 Å². The lowest BCUT2D eigenvalue weighted by molar-refractivity contribution is 0.552. The number of hydrogen-bond acceptors (Lipinski definition) is 5. The number of aromatic nitrogens is 2. The van der Waals surface area contributed by atoms with Crippen molar-refractivity contribution in [3.8, 4) is 0 Å². The van der Waals surface area contributed by atoms with Gasteiger partial charge in [-0.1, -0.05) is 0 Å². The van der Waals surface area contributed by atoms with E-state index in [-0.39, 0.29) is 6.04 Å². The Balaban J connectivity index is 1.86. The third-order valence-electron chi connectivity index (χ3n) is 3.49. The van der Waals surface area contributed by atoms with Crippen LogP contribution < -0.4 is 10.0 Å². The highest BCUT2D eigenvalue weighted by atomic mass is 32.2. The molecule has 0 bridgehead atoms. The Hall–Kier alpha value is -1.22. The van der Waals surface area contributed by atoms with Gasteiger partial charge in [0.05, 0.1) is 11.1 Å². The van der Waals surface area contributed by atoms with Gasteiger partial charge in [-0.3, -0.25) is 5.10 Å². The first-order valence-corrected chi connectivity index (χ1v) is 9.41. The molecule has 0 amide bonds. The van der Waals surface area contributed by atoms with Crippen LogP contribution in [0.2, 0.25) is 0 Å². The first-order chi connectivity index (χ1) is 10.3. The maximum atomic E-state index is 12.2. The fraction of sp³-hybridized carbons (Fsp3) is 0.500. The Kier molecular flexibility index (Phi) is 5.38. The minimum atomic E-state index is -3.43. The van der Waals surface area contributed by atoms with E-state index in [4.69, 9.17) is 0 Å². The number of sulfonamides is 1. The third kappa shape index (κ3) is 3.95. The fourth-order valence-electron chi connectivity index (χ4n) is 2.33. The van der Waals surface area contributed by atoms with E-state index in [0.717, 1.165) is 21.0 Å². The summed E-state index contributed by atoms with van der Waals surface area (Å²) < 4.78 is 27.1. The average Bonchev–Trinajstić information content (AvgIpc) is 3.00. The molecule has 0 fully saturated rings. The topological polar surface area (TPSA) is 86.9 Å². The van der Waals surface area contributed by atoms with E-state index < -0.39 is 10.0 Å². The Labute approximate surface area is 135 Å². The first-order valence-electron chi connectivity index (χ1n) is 7.11. The molecule has 1 atom stereocenters. The molecular formula is C14H22N4O2S2. The van der Waals surface area contributed by atoms with Gasteiger partial charge in [-0.15, -0.1) is 11.3 Å². The molecule has 3 N–H and O–H groups in total. The van der Waals surface area contributed by atoms with Gasteiger partial charge in [0, 0.05) is 40.1 Å². The van der Waals surface area contributed by atoms with E-state index in [1.807, 2.05) is 27.7 Å². The molecule has 8 heteroatoms. The highest BCUT2D eigenvalue weighted by Gasteiger charge is 2.18. The average molecular weight is 342 g/mol. The van der Waals surface area contributed by atoms with Gasteiger partial charge in [0.1, 0.15) is 0 Å². The lowest BCUT2D eigenvalue weighted by Crippen LogP contribution is -2.33. The maximum Gasteiger partial charge on any atom is 0.241 e. The van der Waals surface area contributed by atoms with Crippen molar-refractivity contribution in [1.29, 1.82) is 0 Å². The van der Waals surface area contributed by atoms with Crippen molar-refractivity contribution in [2.75, 3.05) is 13.1 Å². The zero-order chi connectivity index (χ0) is 16.3. The van der Waals surface area contributed by atoms with E-state index in [1.165, 1.54) is 11.3 Å². The van der Waals surface area contributed by atoms with Crippen molar-refractivity contribution in [3.63, 3.8) is 0 Å². The number of aromatic amines is 1. The molecule has 2 rings (SSSR count). The van der Waals surface area contributed by atoms with Crippen LogP contribution in [0.15, 0.2) is 17.2 Å². The van der Waals surface area contributed by atoms with Gasteiger partial charge in [0.15, 0.2) is 0 Å². The second-order valence-electron chi connectivity index (χ2n) is 5.30. The maximum absolute atomic E-state index is 12.2. The van der Waals surface area contributed by atoms with Gasteiger partial charge < -0.3 is 5.32 Å². The zero-order valence-corrected chi connectivity index (χ0v) is 14.9. The summed E-state index contributed by atoms with van der Waals surface area (Å²) in [5.74, 6) is 0. The highest BCUT2D eigenvalue weighted by Crippen LogP contribution is 2.24. The van der Waals surface area contributed by atoms with Gasteiger partial charge in [-0.05, 0) is 33.8 Å². The Bertz CT molecular complexity index is 734. The lowest BCUT2D eigenvalue weighted by atomic mass is 10.1. The number of thiophene rings is 1. The summed E-state index contributed by atoms with van der Waals surface area (Å²) >= 11 is 1.49. The molecule has 2 aromatic rings. The number of nitrogens with one attached hydrogen (secondary N) is 3. The van der Waals surface area contributed by atoms with Crippen LogP contribution in [0.25, 0.3) is 0 Å². The van der Waals surface area contributed by atoms with Crippen LogP contribution in [0.1, 0.15) is 34.0 Å². The Morgan fingerprint density at radius 1 is 1.32 bits per heavy atom. The molecule has 6 nitrogen and oxygen atoms in total. The number of nitrogens with zero attached hydrogens (tertiary/aromatic N) is 1. The van der Waals surface area contributed by atoms with E-state index in [1.54, 1.807) is 12.3 Å². The molecule has 0 aliphatic heterocycles. The summed E-state index contributed by atoms with van der Waals surface area (Å²) in [6.07, 6.45) is 1.79. The zero-order valence-electron chi connectivity index (χ0n) is 13.2. The normalized spacial score (nSPS) is 13.5. The summed E-state index contributed by atoms with van der Waals surface area (Å²) in [6.45, 7) is 8.62. The van der Waals surface area contributed by atoms with Crippen molar-refractivity contribution in [2.45, 2.75) is 38.6 Å². The Morgan fingerprint density at radius 2 is 2.05 bits per heavy atom. The van der Waals surface area contributed by atoms with Crippen molar-refractivity contribution >= 4 is 21.4 Å². The quantitative estimate of drug-likeness (QED) is 0.672. The summed E-state index contributed by atoms with van der Waals surface area (Å²) in [4.78, 5) is 2.20. The fourth-order valence-corrected chi connectivity index (χ4v) is 4.92. The lowest BCUT2D eigenvalue weighted by Gasteiger charge is -2.13. The molecule has 0 radical (unpaired) electrons.